The lowest BCUT2D eigenvalue weighted by molar-refractivity contribution is 0.102. The molecule has 0 aromatic heterocycles. The fraction of sp³-hybridized carbons (Fsp3) is 0.0513. The Hall–Kier alpha value is -6.60. The molecule has 6 aromatic rings. The SMILES string of the molecule is NC(=S)NC1C(S(=O)(=O)O)=c2ccc(S(=O)(=O)O)cc2=CC1(c1cc(C(=O)Nc2cc(S(=O)(=O)O)cc3cc(S(=O)(=O)O)cc(S(=O)(=O)O)c23)cc(C(=O)Nc2cc(S(=O)(=O)O)cc3cc(S(=O)(=O)O)cc(S(=O)(=O)O)c23)c1)S(=O)(=O)O. The van der Waals surface area contributed by atoms with Crippen molar-refractivity contribution in [1.29, 1.82) is 0 Å². The predicted molar refractivity (Wildman–Crippen MR) is 281 cm³/mol. The van der Waals surface area contributed by atoms with E-state index in [0.29, 0.717) is 60.7 Å². The summed E-state index contributed by atoms with van der Waals surface area (Å²) < 4.78 is 319. The highest BCUT2D eigenvalue weighted by molar-refractivity contribution is 7.95. The van der Waals surface area contributed by atoms with Gasteiger partial charge in [-0.2, -0.15) is 75.8 Å². The van der Waals surface area contributed by atoms with Gasteiger partial charge in [-0.15, -0.1) is 0 Å². The van der Waals surface area contributed by atoms with Gasteiger partial charge in [-0.05, 0) is 119 Å². The second kappa shape index (κ2) is 20.3. The van der Waals surface area contributed by atoms with Gasteiger partial charge < -0.3 is 21.7 Å². The third-order valence-electron chi connectivity index (χ3n) is 11.7. The number of thiocarbonyl (C=S) groups is 1. The van der Waals surface area contributed by atoms with Gasteiger partial charge in [-0.3, -0.25) is 50.6 Å². The molecule has 2 atom stereocenters. The molecule has 1 aliphatic carbocycles. The van der Waals surface area contributed by atoms with Crippen molar-refractivity contribution in [3.8, 4) is 0 Å². The Bertz CT molecular complexity index is 4940. The molecule has 6 aromatic carbocycles. The zero-order chi connectivity index (χ0) is 62.0. The molecule has 0 heterocycles. The van der Waals surface area contributed by atoms with Gasteiger partial charge in [0.25, 0.3) is 103 Å². The topological polar surface area (TPSA) is 586 Å². The summed E-state index contributed by atoms with van der Waals surface area (Å²) in [6.07, 6.45) is 0.276. The van der Waals surface area contributed by atoms with Gasteiger partial charge in [0, 0.05) is 27.1 Å². The van der Waals surface area contributed by atoms with E-state index in [2.05, 4.69) is 0 Å². The molecule has 0 bridgehead atoms. The van der Waals surface area contributed by atoms with Crippen LogP contribution in [-0.4, -0.2) is 140 Å². The van der Waals surface area contributed by atoms with Crippen molar-refractivity contribution in [3.05, 3.63) is 112 Å². The van der Waals surface area contributed by atoms with Crippen LogP contribution in [0.5, 0.6) is 0 Å². The fourth-order valence-electron chi connectivity index (χ4n) is 8.48. The van der Waals surface area contributed by atoms with Crippen LogP contribution in [0.25, 0.3) is 32.5 Å². The average Bonchev–Trinajstić information content (AvgIpc) is 3.41. The zero-order valence-corrected chi connectivity index (χ0v) is 47.3. The smallest absolute Gasteiger partial charge is 0.295 e. The van der Waals surface area contributed by atoms with Gasteiger partial charge in [0.15, 0.2) is 9.86 Å². The van der Waals surface area contributed by atoms with Gasteiger partial charge >= 0.3 is 0 Å². The molecule has 0 radical (unpaired) electrons. The first-order valence-electron chi connectivity index (χ1n) is 20.7. The maximum atomic E-state index is 14.8. The lowest BCUT2D eigenvalue weighted by atomic mass is 9.83. The van der Waals surface area contributed by atoms with Gasteiger partial charge in [-0.1, -0.05) is 6.07 Å². The summed E-state index contributed by atoms with van der Waals surface area (Å²) in [4.78, 5) is 18.3. The lowest BCUT2D eigenvalue weighted by Gasteiger charge is -2.39. The number of nitrogens with two attached hydrogens (primary N) is 1. The minimum atomic E-state index is -6.42. The number of anilines is 2. The fourth-order valence-corrected chi connectivity index (χ4v) is 15.2. The first kappa shape index (κ1) is 63.0. The quantitative estimate of drug-likeness (QED) is 0.0433. The van der Waals surface area contributed by atoms with E-state index >= 15 is 0 Å². The van der Waals surface area contributed by atoms with Crippen LogP contribution in [0.1, 0.15) is 26.3 Å². The van der Waals surface area contributed by atoms with Crippen LogP contribution in [0.4, 0.5) is 11.4 Å². The zero-order valence-electron chi connectivity index (χ0n) is 39.1. The second-order valence-electron chi connectivity index (χ2n) is 17.0. The average molecular weight is 1340 g/mol. The van der Waals surface area contributed by atoms with Crippen LogP contribution in [0.15, 0.2) is 119 Å². The van der Waals surface area contributed by atoms with E-state index in [-0.39, 0.29) is 30.3 Å². The van der Waals surface area contributed by atoms with E-state index < -0.39 is 218 Å². The summed E-state index contributed by atoms with van der Waals surface area (Å²) >= 11 is 4.87. The van der Waals surface area contributed by atoms with Crippen molar-refractivity contribution in [1.82, 2.24) is 5.32 Å². The molecular formula is C39H30N4O29S10. The summed E-state index contributed by atoms with van der Waals surface area (Å²) in [6.45, 7) is 0. The number of amides is 2. The van der Waals surface area contributed by atoms with E-state index in [9.17, 15) is 126 Å². The number of fused-ring (bicyclic) bond motifs is 3. The normalized spacial score (nSPS) is 16.7. The van der Waals surface area contributed by atoms with Gasteiger partial charge in [-0.25, -0.2) is 0 Å². The first-order valence-corrected chi connectivity index (χ1v) is 34.0. The molecule has 0 saturated heterocycles. The van der Waals surface area contributed by atoms with E-state index in [1.165, 1.54) is 0 Å². The molecule has 33 nitrogen and oxygen atoms in total. The number of hydrogen-bond donors (Lipinski definition) is 13. The van der Waals surface area contributed by atoms with Crippen molar-refractivity contribution in [3.63, 3.8) is 0 Å². The third-order valence-corrected chi connectivity index (χ3v) is 20.2. The Morgan fingerprint density at radius 3 is 1.13 bits per heavy atom. The Balaban J connectivity index is 1.66. The number of carbonyl (C=O) groups excluding carboxylic acids is 2. The highest BCUT2D eigenvalue weighted by Crippen LogP contribution is 2.43. The van der Waals surface area contributed by atoms with Crippen LogP contribution >= 0.6 is 12.2 Å². The summed E-state index contributed by atoms with van der Waals surface area (Å²) in [5, 5.41) is -1.24. The molecule has 0 saturated carbocycles. The monoisotopic (exact) mass is 1340 g/mol. The van der Waals surface area contributed by atoms with Crippen LogP contribution < -0.4 is 32.1 Å². The summed E-state index contributed by atoms with van der Waals surface area (Å²) in [5.74, 6) is -3.80. The molecule has 0 spiro atoms. The molecule has 14 N–H and O–H groups in total. The van der Waals surface area contributed by atoms with Crippen LogP contribution in [0, 0.1) is 0 Å². The van der Waals surface area contributed by atoms with Crippen LogP contribution in [0.3, 0.4) is 0 Å². The molecule has 1 aliphatic rings. The number of rotatable bonds is 15. The van der Waals surface area contributed by atoms with Crippen LogP contribution in [-0.2, 0) is 95.8 Å². The van der Waals surface area contributed by atoms with Crippen LogP contribution in [0.2, 0.25) is 0 Å². The van der Waals surface area contributed by atoms with E-state index in [1.807, 2.05) is 16.0 Å². The van der Waals surface area contributed by atoms with Crippen molar-refractivity contribution in [2.45, 2.75) is 45.1 Å². The minimum absolute atomic E-state index is 0.0783. The summed E-state index contributed by atoms with van der Waals surface area (Å²) in [7, 11) is -51.5. The highest BCUT2D eigenvalue weighted by Gasteiger charge is 2.56. The lowest BCUT2D eigenvalue weighted by Crippen LogP contribution is -2.61. The van der Waals surface area contributed by atoms with E-state index in [0.717, 1.165) is 0 Å². The number of benzene rings is 6. The van der Waals surface area contributed by atoms with Gasteiger partial charge in [0.05, 0.1) is 41.9 Å². The number of hydrogen-bond acceptors (Lipinski definition) is 21. The predicted octanol–water partition coefficient (Wildman–Crippen LogP) is -1.00. The van der Waals surface area contributed by atoms with Crippen molar-refractivity contribution in [2.24, 2.45) is 5.73 Å². The van der Waals surface area contributed by atoms with Crippen molar-refractivity contribution in [2.75, 3.05) is 10.6 Å². The molecule has 0 fully saturated rings. The van der Waals surface area contributed by atoms with Gasteiger partial charge in [0.2, 0.25) is 0 Å². The molecule has 440 valence electrons. The standard InChI is InChI=1S/C39H30N4O29S10/c40-38(73)43-35-34(81(67,68)69)27-2-1-22(74(46,47)48)10-20(27)15-39(35,82(70,71)72)21-4-18(36(44)41-28-11-23(75(49,50)51)6-16-8-25(77(55,56)57)13-30(32(16)28)79(61,62)63)3-19(5-21)37(45)42-29-12-24(76(52,53)54)7-17-9-26(78(58,59)60)14-31(33(17)29)80(64,65)66/h1-15,35H,(H,41,44)(H,42,45)(H3,40,43,73)(H,46,47,48)(H,49,50,51)(H,52,53,54)(H,55,56,57)(H,58,59,60)(H,61,62,63)(H,64,65,66)(H,67,68,69)(H,70,71,72). The summed E-state index contributed by atoms with van der Waals surface area (Å²) in [5.41, 5.74) is -0.664. The summed E-state index contributed by atoms with van der Waals surface area (Å²) in [6, 6.07) is 1.52. The van der Waals surface area contributed by atoms with Crippen molar-refractivity contribution < 1.29 is 126 Å². The molecule has 82 heavy (non-hydrogen) atoms. The third kappa shape index (κ3) is 12.4. The Morgan fingerprint density at radius 1 is 0.451 bits per heavy atom. The molecular weight excluding hydrogens is 1310 g/mol. The molecule has 2 unspecified atom stereocenters. The van der Waals surface area contributed by atoms with E-state index in [1.54, 1.807) is 0 Å². The molecule has 0 aliphatic heterocycles. The Morgan fingerprint density at radius 2 is 0.817 bits per heavy atom. The van der Waals surface area contributed by atoms with Crippen molar-refractivity contribution >= 4 is 164 Å². The molecule has 2 amide bonds. The Kier molecular flexibility index (Phi) is 15.6. The maximum Gasteiger partial charge on any atom is 0.295 e. The number of carbonyl (C=O) groups is 2. The molecule has 43 heteroatoms. The second-order valence-corrected chi connectivity index (χ2v) is 30.3. The Labute approximate surface area is 465 Å². The molecule has 7 rings (SSSR count). The van der Waals surface area contributed by atoms with Gasteiger partial charge in [0.1, 0.15) is 14.7 Å². The largest absolute Gasteiger partial charge is 0.376 e. The minimum Gasteiger partial charge on any atom is -0.376 e. The number of nitrogens with one attached hydrogen (secondary N) is 3. The van der Waals surface area contributed by atoms with E-state index in [4.69, 9.17) is 18.0 Å². The highest BCUT2D eigenvalue weighted by atomic mass is 32.3. The first-order chi connectivity index (χ1) is 36.9. The maximum absolute atomic E-state index is 14.8.